The molecule has 0 spiro atoms. The Morgan fingerprint density at radius 3 is 1.48 bits per heavy atom. The molecule has 0 aromatic heterocycles. The fourth-order valence-electron chi connectivity index (χ4n) is 5.48. The van der Waals surface area contributed by atoms with E-state index in [1.165, 1.54) is 89.9 Å². The zero-order valence-electron chi connectivity index (χ0n) is 32.4. The first-order valence-corrected chi connectivity index (χ1v) is 20.5. The number of aliphatic hydroxyl groups is 1. The molecule has 5 nitrogen and oxygen atoms in total. The molecule has 0 radical (unpaired) electrons. The van der Waals surface area contributed by atoms with Crippen molar-refractivity contribution in [2.24, 2.45) is 0 Å². The van der Waals surface area contributed by atoms with Crippen molar-refractivity contribution in [2.75, 3.05) is 13.2 Å². The van der Waals surface area contributed by atoms with E-state index in [1.807, 2.05) is 36.5 Å². The third kappa shape index (κ3) is 38.1. The molecular weight excluding hydrogens is 620 g/mol. The van der Waals surface area contributed by atoms with Crippen LogP contribution in [0.5, 0.6) is 0 Å². The highest BCUT2D eigenvalue weighted by Gasteiger charge is 2.16. The zero-order valence-corrected chi connectivity index (χ0v) is 32.4. The molecule has 1 atom stereocenters. The number of aliphatic hydroxyl groups excluding tert-OH is 1. The minimum atomic E-state index is -0.795. The fourth-order valence-corrected chi connectivity index (χ4v) is 5.48. The minimum Gasteiger partial charge on any atom is -0.462 e. The van der Waals surface area contributed by atoms with Crippen molar-refractivity contribution >= 4 is 11.9 Å². The lowest BCUT2D eigenvalue weighted by Gasteiger charge is -2.15. The summed E-state index contributed by atoms with van der Waals surface area (Å²) < 4.78 is 10.6. The molecule has 1 N–H and O–H groups in total. The molecule has 0 aromatic carbocycles. The zero-order chi connectivity index (χ0) is 36.4. The number of rotatable bonds is 36. The van der Waals surface area contributed by atoms with Crippen molar-refractivity contribution in [1.29, 1.82) is 0 Å². The van der Waals surface area contributed by atoms with Gasteiger partial charge >= 0.3 is 11.9 Å². The molecule has 286 valence electrons. The third-order valence-electron chi connectivity index (χ3n) is 8.58. The lowest BCUT2D eigenvalue weighted by atomic mass is 10.1. The average molecular weight is 697 g/mol. The van der Waals surface area contributed by atoms with Gasteiger partial charge in [-0.15, -0.1) is 0 Å². The summed E-state index contributed by atoms with van der Waals surface area (Å²) in [6.07, 6.45) is 54.0. The summed E-state index contributed by atoms with van der Waals surface area (Å²) in [5.41, 5.74) is 0. The first-order chi connectivity index (χ1) is 24.6. The van der Waals surface area contributed by atoms with Crippen LogP contribution in [0.2, 0.25) is 0 Å². The second kappa shape index (κ2) is 40.8. The number of allylic oxidation sites excluding steroid dienone is 12. The van der Waals surface area contributed by atoms with Gasteiger partial charge in [-0.1, -0.05) is 177 Å². The Morgan fingerprint density at radius 2 is 0.940 bits per heavy atom. The summed E-state index contributed by atoms with van der Waals surface area (Å²) >= 11 is 0. The predicted octanol–water partition coefficient (Wildman–Crippen LogP) is 13.0. The largest absolute Gasteiger partial charge is 0.462 e. The normalized spacial score (nSPS) is 12.9. The highest BCUT2D eigenvalue weighted by molar-refractivity contribution is 5.70. The standard InChI is InChI=1S/C45H76O5/c1-3-5-7-9-11-13-15-17-18-19-20-21-22-23-24-25-26-28-30-32-34-36-38-40-45(48)50-43(41-46)42-49-44(47)39-37-35-33-31-29-27-16-14-12-10-8-6-4-2/h6,8,10,12,14,16,20-21,23-24,27,29,43,46H,3-5,7,9,11,13,15,17-19,22,25-26,28,30-42H2,1-2H3/b8-6+,12-10+,16-14+,21-20+,24-23+,29-27+. The molecule has 0 aliphatic rings. The van der Waals surface area contributed by atoms with E-state index in [1.54, 1.807) is 0 Å². The lowest BCUT2D eigenvalue weighted by Crippen LogP contribution is -2.28. The summed E-state index contributed by atoms with van der Waals surface area (Å²) in [5.74, 6) is -0.651. The summed E-state index contributed by atoms with van der Waals surface area (Å²) in [7, 11) is 0. The van der Waals surface area contributed by atoms with Gasteiger partial charge in [-0.2, -0.15) is 0 Å². The Balaban J connectivity index is 3.61. The molecule has 0 heterocycles. The molecule has 0 saturated carbocycles. The number of unbranched alkanes of at least 4 members (excludes halogenated alkanes) is 19. The molecule has 0 fully saturated rings. The number of esters is 2. The van der Waals surface area contributed by atoms with Crippen LogP contribution in [0.3, 0.4) is 0 Å². The Hall–Kier alpha value is -2.66. The van der Waals surface area contributed by atoms with Crippen LogP contribution in [0.25, 0.3) is 0 Å². The maximum Gasteiger partial charge on any atom is 0.306 e. The van der Waals surface area contributed by atoms with Gasteiger partial charge < -0.3 is 14.6 Å². The van der Waals surface area contributed by atoms with Gasteiger partial charge in [0.15, 0.2) is 6.10 Å². The van der Waals surface area contributed by atoms with Gasteiger partial charge in [0.05, 0.1) is 6.61 Å². The Bertz CT molecular complexity index is 926. The fraction of sp³-hybridized carbons (Fsp3) is 0.689. The van der Waals surface area contributed by atoms with Crippen molar-refractivity contribution < 1.29 is 24.2 Å². The van der Waals surface area contributed by atoms with Crippen LogP contribution in [0.15, 0.2) is 72.9 Å². The van der Waals surface area contributed by atoms with E-state index in [2.05, 4.69) is 50.3 Å². The first-order valence-electron chi connectivity index (χ1n) is 20.5. The van der Waals surface area contributed by atoms with Gasteiger partial charge in [0.2, 0.25) is 0 Å². The van der Waals surface area contributed by atoms with E-state index in [-0.39, 0.29) is 25.2 Å². The molecule has 5 heteroatoms. The number of hydrogen-bond donors (Lipinski definition) is 1. The molecule has 50 heavy (non-hydrogen) atoms. The smallest absolute Gasteiger partial charge is 0.306 e. The van der Waals surface area contributed by atoms with E-state index >= 15 is 0 Å². The molecule has 0 aliphatic heterocycles. The maximum atomic E-state index is 12.2. The average Bonchev–Trinajstić information content (AvgIpc) is 3.12. The Morgan fingerprint density at radius 1 is 0.500 bits per heavy atom. The van der Waals surface area contributed by atoms with Crippen molar-refractivity contribution in [3.05, 3.63) is 72.9 Å². The third-order valence-corrected chi connectivity index (χ3v) is 8.58. The van der Waals surface area contributed by atoms with Crippen molar-refractivity contribution in [1.82, 2.24) is 0 Å². The monoisotopic (exact) mass is 697 g/mol. The van der Waals surface area contributed by atoms with E-state index in [9.17, 15) is 14.7 Å². The molecule has 0 saturated heterocycles. The van der Waals surface area contributed by atoms with Crippen LogP contribution >= 0.6 is 0 Å². The maximum absolute atomic E-state index is 12.2. The first kappa shape index (κ1) is 47.3. The van der Waals surface area contributed by atoms with Crippen molar-refractivity contribution in [3.8, 4) is 0 Å². The van der Waals surface area contributed by atoms with Crippen LogP contribution in [-0.2, 0) is 19.1 Å². The van der Waals surface area contributed by atoms with Crippen LogP contribution in [-0.4, -0.2) is 36.4 Å². The summed E-state index contributed by atoms with van der Waals surface area (Å²) in [5, 5.41) is 9.55. The number of carbonyl (C=O) groups excluding carboxylic acids is 2. The van der Waals surface area contributed by atoms with Gasteiger partial charge in [-0.05, 0) is 64.2 Å². The second-order valence-electron chi connectivity index (χ2n) is 13.4. The van der Waals surface area contributed by atoms with Gasteiger partial charge in [0, 0.05) is 12.8 Å². The molecule has 0 aliphatic carbocycles. The van der Waals surface area contributed by atoms with E-state index in [0.717, 1.165) is 64.2 Å². The van der Waals surface area contributed by atoms with E-state index in [4.69, 9.17) is 9.47 Å². The number of hydrogen-bond acceptors (Lipinski definition) is 5. The topological polar surface area (TPSA) is 72.8 Å². The Kier molecular flexibility index (Phi) is 38.6. The molecule has 0 bridgehead atoms. The number of carbonyl (C=O) groups is 2. The lowest BCUT2D eigenvalue weighted by molar-refractivity contribution is -0.161. The highest BCUT2D eigenvalue weighted by Crippen LogP contribution is 2.13. The molecule has 0 rings (SSSR count). The Labute approximate surface area is 308 Å². The molecule has 1 unspecified atom stereocenters. The van der Waals surface area contributed by atoms with E-state index < -0.39 is 6.10 Å². The molecule has 0 amide bonds. The molecular formula is C45H76O5. The second-order valence-corrected chi connectivity index (χ2v) is 13.4. The van der Waals surface area contributed by atoms with Crippen LogP contribution in [0.4, 0.5) is 0 Å². The summed E-state index contributed by atoms with van der Waals surface area (Å²) in [6.45, 7) is 3.95. The molecule has 0 aromatic rings. The minimum absolute atomic E-state index is 0.0931. The van der Waals surface area contributed by atoms with Gasteiger partial charge in [-0.3, -0.25) is 9.59 Å². The summed E-state index contributed by atoms with van der Waals surface area (Å²) in [4.78, 5) is 24.2. The van der Waals surface area contributed by atoms with Crippen molar-refractivity contribution in [2.45, 2.75) is 187 Å². The van der Waals surface area contributed by atoms with Crippen LogP contribution in [0.1, 0.15) is 181 Å². The van der Waals surface area contributed by atoms with E-state index in [0.29, 0.717) is 12.8 Å². The quantitative estimate of drug-likeness (QED) is 0.0305. The highest BCUT2D eigenvalue weighted by atomic mass is 16.6. The van der Waals surface area contributed by atoms with Crippen LogP contribution < -0.4 is 0 Å². The number of ether oxygens (including phenoxy) is 2. The SMILES string of the molecule is CC/C=C/C=C/C=C/C=C/CCCCCC(=O)OCC(CO)OC(=O)CCCCCCCCC/C=C/C/C=C/CCCCCCCCCCC. The van der Waals surface area contributed by atoms with Crippen molar-refractivity contribution in [3.63, 3.8) is 0 Å². The van der Waals surface area contributed by atoms with Crippen LogP contribution in [0, 0.1) is 0 Å². The van der Waals surface area contributed by atoms with Gasteiger partial charge in [0.25, 0.3) is 0 Å². The van der Waals surface area contributed by atoms with Gasteiger partial charge in [-0.25, -0.2) is 0 Å². The summed E-state index contributed by atoms with van der Waals surface area (Å²) in [6, 6.07) is 0. The predicted molar refractivity (Wildman–Crippen MR) is 214 cm³/mol. The van der Waals surface area contributed by atoms with Gasteiger partial charge in [0.1, 0.15) is 6.61 Å².